The molecule has 0 radical (unpaired) electrons. The topological polar surface area (TPSA) is 49.3 Å². The Morgan fingerprint density at radius 2 is 2.57 bits per heavy atom. The van der Waals surface area contributed by atoms with Gasteiger partial charge in [0.2, 0.25) is 0 Å². The Labute approximate surface area is 45.2 Å². The molecule has 1 saturated heterocycles. The van der Waals surface area contributed by atoms with E-state index in [4.69, 9.17) is 5.11 Å². The third kappa shape index (κ3) is 0.863. The van der Waals surface area contributed by atoms with E-state index >= 15 is 0 Å². The number of carbonyl (C=O) groups is 1. The molecule has 0 aromatic carbocycles. The number of carboxylic acid groups (broad SMARTS) is 1. The molecule has 2 N–H and O–H groups in total. The first kappa shape index (κ1) is 4.93. The van der Waals surface area contributed by atoms with E-state index < -0.39 is 5.97 Å². The molecule has 1 aliphatic rings. The molecule has 0 aliphatic carbocycles. The van der Waals surface area contributed by atoms with Gasteiger partial charge in [0, 0.05) is 5.75 Å². The molecule has 1 atom stereocenters. The van der Waals surface area contributed by atoms with Crippen molar-refractivity contribution in [2.45, 2.75) is 6.04 Å². The fourth-order valence-electron chi connectivity index (χ4n) is 0.288. The third-order valence-electron chi connectivity index (χ3n) is 0.774. The van der Waals surface area contributed by atoms with Crippen molar-refractivity contribution in [2.24, 2.45) is 0 Å². The van der Waals surface area contributed by atoms with Gasteiger partial charge in [0.1, 0.15) is 6.04 Å². The van der Waals surface area contributed by atoms with Crippen LogP contribution in [0.3, 0.4) is 0 Å². The van der Waals surface area contributed by atoms with Crippen molar-refractivity contribution in [1.82, 2.24) is 4.72 Å². The van der Waals surface area contributed by atoms with Crippen molar-refractivity contribution in [3.05, 3.63) is 0 Å². The summed E-state index contributed by atoms with van der Waals surface area (Å²) in [6.45, 7) is 0. The first-order chi connectivity index (χ1) is 3.30. The molecule has 1 aliphatic heterocycles. The minimum atomic E-state index is -0.751. The van der Waals surface area contributed by atoms with Crippen molar-refractivity contribution in [3.8, 4) is 0 Å². The highest BCUT2D eigenvalue weighted by Crippen LogP contribution is 2.10. The average Bonchev–Trinajstić information content (AvgIpc) is 1.23. The lowest BCUT2D eigenvalue weighted by molar-refractivity contribution is -0.138. The molecule has 4 heteroatoms. The highest BCUT2D eigenvalue weighted by atomic mass is 32.2. The summed E-state index contributed by atoms with van der Waals surface area (Å²) in [6.07, 6.45) is 0. The van der Waals surface area contributed by atoms with Gasteiger partial charge in [-0.1, -0.05) is 11.9 Å². The van der Waals surface area contributed by atoms with Crippen LogP contribution >= 0.6 is 11.9 Å². The predicted molar refractivity (Wildman–Crippen MR) is 27.0 cm³/mol. The lowest BCUT2D eigenvalue weighted by Crippen LogP contribution is -2.43. The Balaban J connectivity index is 2.27. The second-order valence-electron chi connectivity index (χ2n) is 1.32. The molecule has 0 unspecified atom stereocenters. The van der Waals surface area contributed by atoms with Crippen LogP contribution in [0.1, 0.15) is 0 Å². The van der Waals surface area contributed by atoms with Gasteiger partial charge in [0.25, 0.3) is 0 Å². The van der Waals surface area contributed by atoms with Crippen molar-refractivity contribution in [1.29, 1.82) is 0 Å². The van der Waals surface area contributed by atoms with E-state index in [2.05, 4.69) is 4.72 Å². The summed E-state index contributed by atoms with van der Waals surface area (Å²) in [4.78, 5) is 9.91. The lowest BCUT2D eigenvalue weighted by atomic mass is 10.4. The van der Waals surface area contributed by atoms with Crippen molar-refractivity contribution >= 4 is 17.9 Å². The monoisotopic (exact) mass is 119 g/mol. The second-order valence-corrected chi connectivity index (χ2v) is 2.18. The van der Waals surface area contributed by atoms with E-state index in [0.29, 0.717) is 5.75 Å². The smallest absolute Gasteiger partial charge is 0.322 e. The number of hydrogen-bond acceptors (Lipinski definition) is 3. The first-order valence-corrected chi connectivity index (χ1v) is 2.89. The summed E-state index contributed by atoms with van der Waals surface area (Å²) in [5, 5.41) is 8.16. The molecule has 0 amide bonds. The summed E-state index contributed by atoms with van der Waals surface area (Å²) < 4.78 is 2.66. The van der Waals surface area contributed by atoms with Crippen LogP contribution in [0.25, 0.3) is 0 Å². The standard InChI is InChI=1S/C3H5NO2S/c5-3(6)2-1-7-4-2/h2,4H,1H2,(H,5,6)/t2-/m0/s1. The molecule has 40 valence electrons. The number of rotatable bonds is 1. The zero-order chi connectivity index (χ0) is 5.28. The second kappa shape index (κ2) is 1.71. The molecular formula is C3H5NO2S. The molecule has 7 heavy (non-hydrogen) atoms. The van der Waals surface area contributed by atoms with E-state index in [-0.39, 0.29) is 6.04 Å². The summed E-state index contributed by atoms with van der Waals surface area (Å²) >= 11 is 1.44. The zero-order valence-corrected chi connectivity index (χ0v) is 4.36. The Morgan fingerprint density at radius 1 is 2.00 bits per heavy atom. The third-order valence-corrected chi connectivity index (χ3v) is 1.72. The number of nitrogens with one attached hydrogen (secondary N) is 1. The molecule has 3 nitrogen and oxygen atoms in total. The Morgan fingerprint density at radius 3 is 2.57 bits per heavy atom. The van der Waals surface area contributed by atoms with Crippen molar-refractivity contribution in [3.63, 3.8) is 0 Å². The molecule has 0 aromatic rings. The van der Waals surface area contributed by atoms with Gasteiger partial charge in [-0.15, -0.1) is 0 Å². The average molecular weight is 119 g/mol. The minimum absolute atomic E-state index is 0.287. The van der Waals surface area contributed by atoms with Gasteiger partial charge < -0.3 is 5.11 Å². The summed E-state index contributed by atoms with van der Waals surface area (Å²) in [6, 6.07) is -0.287. The Bertz CT molecular complexity index is 90.9. The predicted octanol–water partition coefficient (Wildman–Crippen LogP) is -0.309. The van der Waals surface area contributed by atoms with Crippen LogP contribution in [0.15, 0.2) is 0 Å². The van der Waals surface area contributed by atoms with Gasteiger partial charge in [-0.25, -0.2) is 4.72 Å². The van der Waals surface area contributed by atoms with Gasteiger partial charge >= 0.3 is 5.97 Å². The van der Waals surface area contributed by atoms with Gasteiger partial charge in [-0.2, -0.15) is 0 Å². The molecule has 0 bridgehead atoms. The number of hydrogen-bond donors (Lipinski definition) is 2. The largest absolute Gasteiger partial charge is 0.480 e. The maximum absolute atomic E-state index is 9.91. The summed E-state index contributed by atoms with van der Waals surface area (Å²) in [5.41, 5.74) is 0. The van der Waals surface area contributed by atoms with Gasteiger partial charge in [0.05, 0.1) is 0 Å². The summed E-state index contributed by atoms with van der Waals surface area (Å²) in [5.74, 6) is -0.0475. The van der Waals surface area contributed by atoms with Crippen molar-refractivity contribution in [2.75, 3.05) is 5.75 Å². The maximum Gasteiger partial charge on any atom is 0.322 e. The van der Waals surface area contributed by atoms with E-state index in [1.165, 1.54) is 11.9 Å². The normalized spacial score (nSPS) is 28.9. The Kier molecular flexibility index (Phi) is 1.21. The summed E-state index contributed by atoms with van der Waals surface area (Å²) in [7, 11) is 0. The fourth-order valence-corrected chi connectivity index (χ4v) is 0.865. The van der Waals surface area contributed by atoms with Crippen LogP contribution < -0.4 is 4.72 Å². The quantitative estimate of drug-likeness (QED) is 0.465. The van der Waals surface area contributed by atoms with Crippen LogP contribution in [-0.4, -0.2) is 22.9 Å². The molecule has 0 spiro atoms. The molecule has 1 fully saturated rings. The van der Waals surface area contributed by atoms with E-state index in [9.17, 15) is 4.79 Å². The van der Waals surface area contributed by atoms with Gasteiger partial charge in [-0.3, -0.25) is 4.79 Å². The van der Waals surface area contributed by atoms with Crippen molar-refractivity contribution < 1.29 is 9.90 Å². The van der Waals surface area contributed by atoms with Gasteiger partial charge in [0.15, 0.2) is 0 Å². The Hall–Kier alpha value is -0.220. The van der Waals surface area contributed by atoms with Crippen LogP contribution in [0, 0.1) is 0 Å². The van der Waals surface area contributed by atoms with Crippen LogP contribution in [0.5, 0.6) is 0 Å². The first-order valence-electron chi connectivity index (χ1n) is 1.91. The SMILES string of the molecule is O=C(O)[C@@H]1CSN1. The van der Waals surface area contributed by atoms with E-state index in [1.54, 1.807) is 0 Å². The number of carboxylic acids is 1. The van der Waals surface area contributed by atoms with Crippen LogP contribution in [0.2, 0.25) is 0 Å². The fraction of sp³-hybridized carbons (Fsp3) is 0.667. The number of aliphatic carboxylic acids is 1. The lowest BCUT2D eigenvalue weighted by Gasteiger charge is -2.20. The molecular weight excluding hydrogens is 114 g/mol. The van der Waals surface area contributed by atoms with E-state index in [1.807, 2.05) is 0 Å². The molecule has 1 rings (SSSR count). The van der Waals surface area contributed by atoms with Crippen LogP contribution in [-0.2, 0) is 4.79 Å². The molecule has 0 saturated carbocycles. The maximum atomic E-state index is 9.91. The minimum Gasteiger partial charge on any atom is -0.480 e. The molecule has 0 aromatic heterocycles. The van der Waals surface area contributed by atoms with Gasteiger partial charge in [-0.05, 0) is 0 Å². The highest BCUT2D eigenvalue weighted by Gasteiger charge is 2.24. The zero-order valence-electron chi connectivity index (χ0n) is 3.55. The van der Waals surface area contributed by atoms with Crippen LogP contribution in [0.4, 0.5) is 0 Å². The van der Waals surface area contributed by atoms with E-state index in [0.717, 1.165) is 0 Å². The molecule has 1 heterocycles. The highest BCUT2D eigenvalue weighted by molar-refractivity contribution is 7.98.